The number of piperazine rings is 1. The molecule has 0 aliphatic carbocycles. The third kappa shape index (κ3) is 3.49. The first-order chi connectivity index (χ1) is 13.6. The molecule has 1 aliphatic rings. The quantitative estimate of drug-likeness (QED) is 0.484. The molecule has 11 nitrogen and oxygen atoms in total. The van der Waals surface area contributed by atoms with Gasteiger partial charge in [0.1, 0.15) is 12.7 Å². The number of carbonyl (C=O) groups excluding carboxylic acids is 1. The summed E-state index contributed by atoms with van der Waals surface area (Å²) in [7, 11) is 0. The fourth-order valence-corrected chi connectivity index (χ4v) is 2.98. The average Bonchev–Trinajstić information content (AvgIpc) is 3.28. The average molecular weight is 380 g/mol. The molecule has 3 heterocycles. The predicted molar refractivity (Wildman–Crippen MR) is 98.2 cm³/mol. The zero-order chi connectivity index (χ0) is 19.5. The van der Waals surface area contributed by atoms with Crippen molar-refractivity contribution in [3.05, 3.63) is 64.7 Å². The summed E-state index contributed by atoms with van der Waals surface area (Å²) >= 11 is 0. The van der Waals surface area contributed by atoms with E-state index < -0.39 is 4.92 Å². The number of hydrogen-bond acceptors (Lipinski definition) is 8. The molecule has 28 heavy (non-hydrogen) atoms. The maximum Gasteiger partial charge on any atom is 0.269 e. The SMILES string of the molecule is O=C(c1ccc([N+](=O)[O-])cc1)N1CCN(c2ccc(-n3cncn3)nn2)CC1. The molecule has 0 atom stereocenters. The van der Waals surface area contributed by atoms with Crippen LogP contribution in [0.15, 0.2) is 49.1 Å². The van der Waals surface area contributed by atoms with Crippen molar-refractivity contribution in [2.45, 2.75) is 0 Å². The smallest absolute Gasteiger partial charge is 0.269 e. The highest BCUT2D eigenvalue weighted by atomic mass is 16.6. The molecule has 2 aromatic heterocycles. The van der Waals surface area contributed by atoms with E-state index in [1.165, 1.54) is 35.3 Å². The summed E-state index contributed by atoms with van der Waals surface area (Å²) in [5.74, 6) is 1.17. The van der Waals surface area contributed by atoms with E-state index in [1.807, 2.05) is 12.1 Å². The van der Waals surface area contributed by atoms with Crippen molar-refractivity contribution in [2.75, 3.05) is 31.1 Å². The van der Waals surface area contributed by atoms with Crippen LogP contribution in [0.3, 0.4) is 0 Å². The number of hydrogen-bond donors (Lipinski definition) is 0. The molecular formula is C17H16N8O3. The molecule has 1 aromatic carbocycles. The molecule has 0 saturated carbocycles. The van der Waals surface area contributed by atoms with Gasteiger partial charge in [-0.2, -0.15) is 5.10 Å². The third-order valence-electron chi connectivity index (χ3n) is 4.51. The molecule has 0 N–H and O–H groups in total. The van der Waals surface area contributed by atoms with E-state index in [1.54, 1.807) is 11.2 Å². The minimum atomic E-state index is -0.484. The highest BCUT2D eigenvalue weighted by Gasteiger charge is 2.23. The van der Waals surface area contributed by atoms with E-state index in [0.717, 1.165) is 5.82 Å². The maximum absolute atomic E-state index is 12.6. The molecule has 142 valence electrons. The van der Waals surface area contributed by atoms with Gasteiger partial charge >= 0.3 is 0 Å². The van der Waals surface area contributed by atoms with Crippen molar-refractivity contribution in [1.29, 1.82) is 0 Å². The second-order valence-electron chi connectivity index (χ2n) is 6.17. The molecule has 4 rings (SSSR count). The van der Waals surface area contributed by atoms with E-state index in [9.17, 15) is 14.9 Å². The summed E-state index contributed by atoms with van der Waals surface area (Å²) in [5, 5.41) is 23.1. The van der Waals surface area contributed by atoms with E-state index in [0.29, 0.717) is 37.6 Å². The van der Waals surface area contributed by atoms with Crippen LogP contribution in [-0.2, 0) is 0 Å². The Morgan fingerprint density at radius 2 is 1.64 bits per heavy atom. The lowest BCUT2D eigenvalue weighted by Crippen LogP contribution is -2.49. The molecule has 0 bridgehead atoms. The van der Waals surface area contributed by atoms with Gasteiger partial charge in [-0.05, 0) is 24.3 Å². The summed E-state index contributed by atoms with van der Waals surface area (Å²) < 4.78 is 1.53. The van der Waals surface area contributed by atoms with Crippen molar-refractivity contribution in [3.8, 4) is 5.82 Å². The Labute approximate surface area is 159 Å². The molecule has 0 unspecified atom stereocenters. The first-order valence-corrected chi connectivity index (χ1v) is 8.59. The van der Waals surface area contributed by atoms with Crippen molar-refractivity contribution in [1.82, 2.24) is 29.9 Å². The van der Waals surface area contributed by atoms with Crippen LogP contribution in [0, 0.1) is 10.1 Å². The number of nitro benzene ring substituents is 1. The second-order valence-corrected chi connectivity index (χ2v) is 6.17. The number of benzene rings is 1. The van der Waals surface area contributed by atoms with E-state index in [4.69, 9.17) is 0 Å². The molecule has 1 fully saturated rings. The normalized spacial score (nSPS) is 14.1. The van der Waals surface area contributed by atoms with Crippen molar-refractivity contribution in [2.24, 2.45) is 0 Å². The van der Waals surface area contributed by atoms with Gasteiger partial charge in [-0.15, -0.1) is 10.2 Å². The Kier molecular flexibility index (Phi) is 4.62. The number of amides is 1. The lowest BCUT2D eigenvalue weighted by molar-refractivity contribution is -0.384. The van der Waals surface area contributed by atoms with Crippen molar-refractivity contribution < 1.29 is 9.72 Å². The standard InChI is InChI=1S/C17H16N8O3/c26-17(13-1-3-14(4-2-13)25(27)28)23-9-7-22(8-10-23)15-5-6-16(21-20-15)24-12-18-11-19-24/h1-6,11-12H,7-10H2. The number of carbonyl (C=O) groups is 1. The number of nitrogens with zero attached hydrogens (tertiary/aromatic N) is 8. The zero-order valence-corrected chi connectivity index (χ0v) is 14.7. The summed E-state index contributed by atoms with van der Waals surface area (Å²) in [6.07, 6.45) is 2.98. The molecule has 0 radical (unpaired) electrons. The van der Waals surface area contributed by atoms with Crippen molar-refractivity contribution in [3.63, 3.8) is 0 Å². The van der Waals surface area contributed by atoms with E-state index in [2.05, 4.69) is 25.2 Å². The lowest BCUT2D eigenvalue weighted by Gasteiger charge is -2.35. The number of rotatable bonds is 4. The van der Waals surface area contributed by atoms with Gasteiger partial charge < -0.3 is 9.80 Å². The van der Waals surface area contributed by atoms with Gasteiger partial charge in [0.05, 0.1) is 4.92 Å². The number of anilines is 1. The minimum Gasteiger partial charge on any atom is -0.352 e. The molecule has 1 aliphatic heterocycles. The highest BCUT2D eigenvalue weighted by Crippen LogP contribution is 2.17. The lowest BCUT2D eigenvalue weighted by atomic mass is 10.1. The topological polar surface area (TPSA) is 123 Å². The Hall–Kier alpha value is -3.89. The van der Waals surface area contributed by atoms with E-state index in [-0.39, 0.29) is 11.6 Å². The Morgan fingerprint density at radius 3 is 2.21 bits per heavy atom. The van der Waals surface area contributed by atoms with Gasteiger partial charge in [-0.3, -0.25) is 14.9 Å². The van der Waals surface area contributed by atoms with Crippen LogP contribution in [0.4, 0.5) is 11.5 Å². The fraction of sp³-hybridized carbons (Fsp3) is 0.235. The summed E-state index contributed by atoms with van der Waals surface area (Å²) in [5.41, 5.74) is 0.408. The highest BCUT2D eigenvalue weighted by molar-refractivity contribution is 5.94. The third-order valence-corrected chi connectivity index (χ3v) is 4.51. The molecular weight excluding hydrogens is 364 g/mol. The van der Waals surface area contributed by atoms with Gasteiger partial charge in [-0.25, -0.2) is 9.67 Å². The number of nitro groups is 1. The van der Waals surface area contributed by atoms with Gasteiger partial charge in [0, 0.05) is 43.9 Å². The van der Waals surface area contributed by atoms with Gasteiger partial charge in [0.2, 0.25) is 0 Å². The number of non-ortho nitro benzene ring substituents is 1. The maximum atomic E-state index is 12.6. The molecule has 3 aromatic rings. The predicted octanol–water partition coefficient (Wildman–Crippen LogP) is 0.928. The zero-order valence-electron chi connectivity index (χ0n) is 14.7. The molecule has 1 saturated heterocycles. The Morgan fingerprint density at radius 1 is 0.964 bits per heavy atom. The summed E-state index contributed by atoms with van der Waals surface area (Å²) in [4.78, 5) is 30.5. The van der Waals surface area contributed by atoms with Crippen LogP contribution in [-0.4, -0.2) is 66.9 Å². The van der Waals surface area contributed by atoms with Gasteiger partial charge in [-0.1, -0.05) is 0 Å². The van der Waals surface area contributed by atoms with Crippen LogP contribution in [0.5, 0.6) is 0 Å². The largest absolute Gasteiger partial charge is 0.352 e. The monoisotopic (exact) mass is 380 g/mol. The van der Waals surface area contributed by atoms with Crippen LogP contribution < -0.4 is 4.90 Å². The van der Waals surface area contributed by atoms with Crippen LogP contribution in [0.25, 0.3) is 5.82 Å². The first-order valence-electron chi connectivity index (χ1n) is 8.59. The van der Waals surface area contributed by atoms with E-state index >= 15 is 0 Å². The summed E-state index contributed by atoms with van der Waals surface area (Å²) in [6, 6.07) is 9.33. The summed E-state index contributed by atoms with van der Waals surface area (Å²) in [6.45, 7) is 2.30. The second kappa shape index (κ2) is 7.39. The Balaban J connectivity index is 1.37. The van der Waals surface area contributed by atoms with Crippen molar-refractivity contribution >= 4 is 17.4 Å². The molecule has 11 heteroatoms. The van der Waals surface area contributed by atoms with Crippen LogP contribution in [0.1, 0.15) is 10.4 Å². The fourth-order valence-electron chi connectivity index (χ4n) is 2.98. The Bertz CT molecular complexity index is 965. The van der Waals surface area contributed by atoms with Gasteiger partial charge in [0.15, 0.2) is 11.6 Å². The van der Waals surface area contributed by atoms with Crippen LogP contribution in [0.2, 0.25) is 0 Å². The molecule has 0 spiro atoms. The minimum absolute atomic E-state index is 0.0331. The van der Waals surface area contributed by atoms with Crippen LogP contribution >= 0.6 is 0 Å². The number of aromatic nitrogens is 5. The molecule has 1 amide bonds. The first kappa shape index (κ1) is 17.5. The van der Waals surface area contributed by atoms with Gasteiger partial charge in [0.25, 0.3) is 11.6 Å².